The van der Waals surface area contributed by atoms with E-state index in [0.717, 1.165) is 35.4 Å². The van der Waals surface area contributed by atoms with Crippen molar-refractivity contribution < 1.29 is 22.7 Å². The monoisotopic (exact) mass is 511 g/mol. The van der Waals surface area contributed by atoms with Crippen molar-refractivity contribution in [2.75, 3.05) is 25.1 Å². The molecule has 2 amide bonds. The van der Waals surface area contributed by atoms with Crippen LogP contribution in [-0.4, -0.2) is 50.8 Å². The number of fused-ring (bicyclic) bond motifs is 1. The van der Waals surface area contributed by atoms with Crippen LogP contribution in [0.5, 0.6) is 5.75 Å². The van der Waals surface area contributed by atoms with Gasteiger partial charge in [0.15, 0.2) is 0 Å². The fraction of sp³-hybridized carbons (Fsp3) is 0.481. The summed E-state index contributed by atoms with van der Waals surface area (Å²) in [6, 6.07) is 12.7. The fourth-order valence-corrected chi connectivity index (χ4v) is 6.77. The van der Waals surface area contributed by atoms with Crippen LogP contribution in [0.15, 0.2) is 47.4 Å². The number of amides is 2. The molecular formula is C27H33N3O5S. The minimum Gasteiger partial charge on any atom is -0.497 e. The molecule has 1 aliphatic carbocycles. The van der Waals surface area contributed by atoms with E-state index in [1.54, 1.807) is 25.3 Å². The van der Waals surface area contributed by atoms with Gasteiger partial charge < -0.3 is 15.0 Å². The summed E-state index contributed by atoms with van der Waals surface area (Å²) in [6.07, 6.45) is 3.51. The molecular weight excluding hydrogens is 478 g/mol. The molecule has 5 rings (SSSR count). The van der Waals surface area contributed by atoms with Crippen LogP contribution in [0.3, 0.4) is 0 Å². The van der Waals surface area contributed by atoms with Crippen molar-refractivity contribution in [2.45, 2.75) is 56.5 Å². The topological polar surface area (TPSA) is 96.0 Å². The summed E-state index contributed by atoms with van der Waals surface area (Å²) in [5.41, 5.74) is 2.69. The van der Waals surface area contributed by atoms with Gasteiger partial charge in [-0.15, -0.1) is 0 Å². The number of carbonyl (C=O) groups is 2. The third-order valence-electron chi connectivity index (χ3n) is 7.49. The Balaban J connectivity index is 1.20. The zero-order chi connectivity index (χ0) is 25.4. The maximum atomic E-state index is 13.4. The lowest BCUT2D eigenvalue weighted by Gasteiger charge is -2.30. The van der Waals surface area contributed by atoms with Crippen LogP contribution in [0, 0.1) is 11.8 Å². The van der Waals surface area contributed by atoms with Gasteiger partial charge in [-0.05, 0) is 80.5 Å². The van der Waals surface area contributed by atoms with E-state index < -0.39 is 10.0 Å². The number of sulfonamides is 1. The van der Waals surface area contributed by atoms with Gasteiger partial charge in [0.1, 0.15) is 5.75 Å². The molecule has 1 N–H and O–H groups in total. The average Bonchev–Trinajstić information content (AvgIpc) is 3.69. The molecule has 1 saturated carbocycles. The molecule has 0 radical (unpaired) electrons. The number of ether oxygens (including phenoxy) is 1. The van der Waals surface area contributed by atoms with E-state index in [-0.39, 0.29) is 34.6 Å². The van der Waals surface area contributed by atoms with Crippen molar-refractivity contribution >= 4 is 27.5 Å². The third-order valence-corrected chi connectivity index (χ3v) is 9.39. The lowest BCUT2D eigenvalue weighted by Crippen LogP contribution is -2.42. The second-order valence-corrected chi connectivity index (χ2v) is 12.0. The number of carbonyl (C=O) groups excluding carboxylic acids is 2. The van der Waals surface area contributed by atoms with E-state index in [0.29, 0.717) is 38.9 Å². The first-order chi connectivity index (χ1) is 17.3. The Morgan fingerprint density at radius 2 is 1.78 bits per heavy atom. The van der Waals surface area contributed by atoms with Crippen LogP contribution in [0.4, 0.5) is 5.69 Å². The summed E-state index contributed by atoms with van der Waals surface area (Å²) in [6.45, 7) is 3.03. The number of anilines is 1. The van der Waals surface area contributed by atoms with Crippen molar-refractivity contribution in [3.05, 3.63) is 53.6 Å². The summed E-state index contributed by atoms with van der Waals surface area (Å²) in [4.78, 5) is 27.5. The van der Waals surface area contributed by atoms with Gasteiger partial charge in [-0.25, -0.2) is 8.42 Å². The number of rotatable bonds is 7. The summed E-state index contributed by atoms with van der Waals surface area (Å²) >= 11 is 0. The van der Waals surface area contributed by atoms with Crippen LogP contribution in [-0.2, 0) is 32.6 Å². The molecule has 0 aromatic heterocycles. The summed E-state index contributed by atoms with van der Waals surface area (Å²) < 4.78 is 33.5. The molecule has 192 valence electrons. The summed E-state index contributed by atoms with van der Waals surface area (Å²) in [5, 5.41) is 2.97. The van der Waals surface area contributed by atoms with Gasteiger partial charge in [0.05, 0.1) is 12.0 Å². The van der Waals surface area contributed by atoms with Crippen LogP contribution < -0.4 is 15.0 Å². The first kappa shape index (κ1) is 24.8. The molecule has 3 aliphatic rings. The fourth-order valence-electron chi connectivity index (χ4n) is 5.25. The largest absolute Gasteiger partial charge is 0.497 e. The molecule has 0 spiro atoms. The van der Waals surface area contributed by atoms with E-state index in [9.17, 15) is 18.0 Å². The lowest BCUT2D eigenvalue weighted by molar-refractivity contribution is -0.126. The van der Waals surface area contributed by atoms with E-state index in [2.05, 4.69) is 5.32 Å². The molecule has 36 heavy (non-hydrogen) atoms. The van der Waals surface area contributed by atoms with Crippen LogP contribution in [0.1, 0.15) is 43.7 Å². The standard InChI is InChI=1S/C27H33N3O5S/c1-18-14-22-16-24(8-9-25(22)30(18)27(32)21-6-7-21)36(33,34)29-12-10-20(11-13-29)26(31)28-17-19-4-3-5-23(15-19)35-2/h3-5,8-9,15-16,18,20-21H,6-7,10-14,17H2,1-2H3,(H,28,31)/t18-/m0/s1. The maximum absolute atomic E-state index is 13.4. The number of nitrogens with zero attached hydrogens (tertiary/aromatic N) is 2. The van der Waals surface area contributed by atoms with Crippen molar-refractivity contribution in [3.8, 4) is 5.75 Å². The lowest BCUT2D eigenvalue weighted by atomic mass is 9.97. The Morgan fingerprint density at radius 3 is 2.47 bits per heavy atom. The number of piperidine rings is 1. The average molecular weight is 512 g/mol. The molecule has 8 nitrogen and oxygen atoms in total. The Hall–Kier alpha value is -2.91. The first-order valence-electron chi connectivity index (χ1n) is 12.6. The number of methoxy groups -OCH3 is 1. The normalized spacial score (nSPS) is 20.7. The zero-order valence-corrected chi connectivity index (χ0v) is 21.6. The third kappa shape index (κ3) is 4.86. The van der Waals surface area contributed by atoms with Gasteiger partial charge in [-0.1, -0.05) is 12.1 Å². The highest BCUT2D eigenvalue weighted by atomic mass is 32.2. The van der Waals surface area contributed by atoms with Gasteiger partial charge >= 0.3 is 0 Å². The van der Waals surface area contributed by atoms with Crippen molar-refractivity contribution in [2.24, 2.45) is 11.8 Å². The molecule has 0 unspecified atom stereocenters. The number of hydrogen-bond acceptors (Lipinski definition) is 5. The Labute approximate surface area is 212 Å². The number of nitrogens with one attached hydrogen (secondary N) is 1. The number of hydrogen-bond donors (Lipinski definition) is 1. The van der Waals surface area contributed by atoms with E-state index in [4.69, 9.17) is 4.74 Å². The quantitative estimate of drug-likeness (QED) is 0.616. The summed E-state index contributed by atoms with van der Waals surface area (Å²) in [7, 11) is -2.07. The van der Waals surface area contributed by atoms with Gasteiger partial charge in [0, 0.05) is 43.2 Å². The highest BCUT2D eigenvalue weighted by Gasteiger charge is 2.40. The van der Waals surface area contributed by atoms with Crippen molar-refractivity contribution in [3.63, 3.8) is 0 Å². The van der Waals surface area contributed by atoms with Gasteiger partial charge in [0.2, 0.25) is 21.8 Å². The van der Waals surface area contributed by atoms with Crippen LogP contribution in [0.25, 0.3) is 0 Å². The van der Waals surface area contributed by atoms with E-state index >= 15 is 0 Å². The van der Waals surface area contributed by atoms with E-state index in [1.165, 1.54) is 4.31 Å². The predicted octanol–water partition coefficient (Wildman–Crippen LogP) is 3.10. The van der Waals surface area contributed by atoms with Crippen molar-refractivity contribution in [1.82, 2.24) is 9.62 Å². The van der Waals surface area contributed by atoms with Gasteiger partial charge in [-0.3, -0.25) is 9.59 Å². The molecule has 1 atom stereocenters. The second kappa shape index (κ2) is 9.86. The van der Waals surface area contributed by atoms with Crippen molar-refractivity contribution in [1.29, 1.82) is 0 Å². The zero-order valence-electron chi connectivity index (χ0n) is 20.8. The maximum Gasteiger partial charge on any atom is 0.243 e. The molecule has 1 saturated heterocycles. The molecule has 9 heteroatoms. The molecule has 2 aliphatic heterocycles. The van der Waals surface area contributed by atoms with Gasteiger partial charge in [0.25, 0.3) is 0 Å². The van der Waals surface area contributed by atoms with Gasteiger partial charge in [-0.2, -0.15) is 4.31 Å². The molecule has 2 aromatic rings. The molecule has 0 bridgehead atoms. The highest BCUT2D eigenvalue weighted by molar-refractivity contribution is 7.89. The second-order valence-electron chi connectivity index (χ2n) is 10.1. The predicted molar refractivity (Wildman–Crippen MR) is 136 cm³/mol. The summed E-state index contributed by atoms with van der Waals surface area (Å²) in [5.74, 6) is 0.745. The minimum absolute atomic E-state index is 0.0392. The smallest absolute Gasteiger partial charge is 0.243 e. The Morgan fingerprint density at radius 1 is 1.03 bits per heavy atom. The SMILES string of the molecule is COc1cccc(CNC(=O)C2CCN(S(=O)(=O)c3ccc4c(c3)C[C@H](C)N4C(=O)C3CC3)CC2)c1. The van der Waals surface area contributed by atoms with Crippen LogP contribution >= 0.6 is 0 Å². The Kier molecular flexibility index (Phi) is 6.78. The number of benzene rings is 2. The van der Waals surface area contributed by atoms with E-state index in [1.807, 2.05) is 36.1 Å². The van der Waals surface area contributed by atoms with Crippen LogP contribution in [0.2, 0.25) is 0 Å². The molecule has 2 heterocycles. The minimum atomic E-state index is -3.67. The Bertz CT molecular complexity index is 1270. The highest BCUT2D eigenvalue weighted by Crippen LogP contribution is 2.40. The molecule has 2 aromatic carbocycles. The first-order valence-corrected chi connectivity index (χ1v) is 14.1. The molecule has 2 fully saturated rings.